The number of hydrogen-bond acceptors (Lipinski definition) is 2. The van der Waals surface area contributed by atoms with E-state index < -0.39 is 11.8 Å². The summed E-state index contributed by atoms with van der Waals surface area (Å²) >= 11 is 0. The summed E-state index contributed by atoms with van der Waals surface area (Å²) in [5.74, 6) is -1.89. The molecule has 0 amide bonds. The van der Waals surface area contributed by atoms with Crippen LogP contribution in [-0.4, -0.2) is 16.9 Å². The van der Waals surface area contributed by atoms with Gasteiger partial charge >= 0.3 is 5.97 Å². The standard InChI is InChI=1S/C10H9FO3.C6H5F/c11-8-3-1-7(2-4-8)9(12)5-6-10(13)14;7-6-4-2-1-3-5-6/h1-4H,5-6H2,(H,13,14);1-5H. The molecular weight excluding hydrogens is 278 g/mol. The van der Waals surface area contributed by atoms with Gasteiger partial charge in [0, 0.05) is 12.0 Å². The van der Waals surface area contributed by atoms with E-state index in [0.29, 0.717) is 5.56 Å². The molecule has 2 aromatic carbocycles. The van der Waals surface area contributed by atoms with Gasteiger partial charge in [-0.25, -0.2) is 8.78 Å². The van der Waals surface area contributed by atoms with Crippen LogP contribution in [0.2, 0.25) is 0 Å². The zero-order valence-electron chi connectivity index (χ0n) is 11.1. The molecule has 0 fully saturated rings. The van der Waals surface area contributed by atoms with Crippen molar-refractivity contribution in [2.75, 3.05) is 0 Å². The Hall–Kier alpha value is -2.56. The van der Waals surface area contributed by atoms with E-state index in [2.05, 4.69) is 0 Å². The van der Waals surface area contributed by atoms with Crippen molar-refractivity contribution in [2.24, 2.45) is 0 Å². The predicted octanol–water partition coefficient (Wildman–Crippen LogP) is 3.70. The van der Waals surface area contributed by atoms with E-state index in [1.54, 1.807) is 18.2 Å². The maximum Gasteiger partial charge on any atom is 0.303 e. The second kappa shape index (κ2) is 8.58. The summed E-state index contributed by atoms with van der Waals surface area (Å²) in [6.07, 6.45) is -0.253. The number of carboxylic acid groups (broad SMARTS) is 1. The van der Waals surface area contributed by atoms with Gasteiger partial charge in [-0.1, -0.05) is 18.2 Å². The summed E-state index contributed by atoms with van der Waals surface area (Å²) in [7, 11) is 0. The Bertz CT molecular complexity index is 580. The van der Waals surface area contributed by atoms with Crippen molar-refractivity contribution in [2.45, 2.75) is 12.8 Å². The highest BCUT2D eigenvalue weighted by molar-refractivity contribution is 5.97. The Morgan fingerprint density at radius 3 is 1.76 bits per heavy atom. The molecule has 0 aliphatic heterocycles. The van der Waals surface area contributed by atoms with E-state index in [1.807, 2.05) is 0 Å². The topological polar surface area (TPSA) is 54.4 Å². The van der Waals surface area contributed by atoms with Crippen molar-refractivity contribution < 1.29 is 23.5 Å². The highest BCUT2D eigenvalue weighted by atomic mass is 19.1. The summed E-state index contributed by atoms with van der Waals surface area (Å²) in [4.78, 5) is 21.5. The fraction of sp³-hybridized carbons (Fsp3) is 0.125. The lowest BCUT2D eigenvalue weighted by atomic mass is 10.1. The number of benzene rings is 2. The maximum absolute atomic E-state index is 12.5. The summed E-state index contributed by atoms with van der Waals surface area (Å²) in [5, 5.41) is 8.34. The minimum Gasteiger partial charge on any atom is -0.481 e. The molecule has 0 heterocycles. The Kier molecular flexibility index (Phi) is 6.74. The van der Waals surface area contributed by atoms with Crippen LogP contribution in [0.1, 0.15) is 23.2 Å². The van der Waals surface area contributed by atoms with E-state index in [0.717, 1.165) is 0 Å². The van der Waals surface area contributed by atoms with E-state index in [9.17, 15) is 18.4 Å². The summed E-state index contributed by atoms with van der Waals surface area (Å²) in [5.41, 5.74) is 0.340. The molecule has 0 spiro atoms. The van der Waals surface area contributed by atoms with Crippen LogP contribution >= 0.6 is 0 Å². The van der Waals surface area contributed by atoms with Gasteiger partial charge in [0.05, 0.1) is 6.42 Å². The van der Waals surface area contributed by atoms with Gasteiger partial charge in [0.2, 0.25) is 0 Å². The van der Waals surface area contributed by atoms with Gasteiger partial charge in [-0.15, -0.1) is 0 Å². The van der Waals surface area contributed by atoms with Gasteiger partial charge in [-0.3, -0.25) is 9.59 Å². The number of carbonyl (C=O) groups excluding carboxylic acids is 1. The molecule has 2 aromatic rings. The number of rotatable bonds is 4. The summed E-state index contributed by atoms with van der Waals surface area (Å²) in [6, 6.07) is 13.0. The van der Waals surface area contributed by atoms with Crippen LogP contribution in [0.5, 0.6) is 0 Å². The highest BCUT2D eigenvalue weighted by Crippen LogP contribution is 2.07. The molecule has 0 aromatic heterocycles. The quantitative estimate of drug-likeness (QED) is 0.874. The van der Waals surface area contributed by atoms with Crippen molar-refractivity contribution in [3.63, 3.8) is 0 Å². The first kappa shape index (κ1) is 16.5. The zero-order valence-corrected chi connectivity index (χ0v) is 11.1. The van der Waals surface area contributed by atoms with E-state index in [1.165, 1.54) is 36.4 Å². The first-order valence-corrected chi connectivity index (χ1v) is 6.20. The third kappa shape index (κ3) is 6.96. The second-order valence-corrected chi connectivity index (χ2v) is 4.12. The number of aliphatic carboxylic acids is 1. The third-order valence-corrected chi connectivity index (χ3v) is 2.47. The van der Waals surface area contributed by atoms with Crippen LogP contribution in [0.3, 0.4) is 0 Å². The lowest BCUT2D eigenvalue weighted by molar-refractivity contribution is -0.136. The van der Waals surface area contributed by atoms with Crippen LogP contribution in [0.4, 0.5) is 8.78 Å². The Morgan fingerprint density at radius 1 is 0.810 bits per heavy atom. The lowest BCUT2D eigenvalue weighted by Gasteiger charge is -1.98. The summed E-state index contributed by atoms with van der Waals surface area (Å²) in [6.45, 7) is 0. The van der Waals surface area contributed by atoms with E-state index >= 15 is 0 Å². The van der Waals surface area contributed by atoms with Gasteiger partial charge in [-0.05, 0) is 36.4 Å². The highest BCUT2D eigenvalue weighted by Gasteiger charge is 2.07. The average molecular weight is 292 g/mol. The molecule has 0 saturated heterocycles. The molecule has 1 N–H and O–H groups in total. The number of ketones is 1. The number of halogens is 2. The largest absolute Gasteiger partial charge is 0.481 e. The lowest BCUT2D eigenvalue weighted by Crippen LogP contribution is -2.03. The molecule has 0 unspecified atom stereocenters. The van der Waals surface area contributed by atoms with Crippen LogP contribution < -0.4 is 0 Å². The molecule has 21 heavy (non-hydrogen) atoms. The molecule has 110 valence electrons. The molecule has 0 bridgehead atoms. The van der Waals surface area contributed by atoms with E-state index in [4.69, 9.17) is 5.11 Å². The van der Waals surface area contributed by atoms with Gasteiger partial charge in [-0.2, -0.15) is 0 Å². The molecular formula is C16H14F2O3. The minimum absolute atomic E-state index is 0.0546. The number of hydrogen-bond donors (Lipinski definition) is 1. The van der Waals surface area contributed by atoms with Crippen molar-refractivity contribution >= 4 is 11.8 Å². The van der Waals surface area contributed by atoms with Crippen LogP contribution in [0.15, 0.2) is 54.6 Å². The van der Waals surface area contributed by atoms with Crippen LogP contribution in [-0.2, 0) is 4.79 Å². The van der Waals surface area contributed by atoms with Crippen molar-refractivity contribution in [1.29, 1.82) is 0 Å². The first-order valence-electron chi connectivity index (χ1n) is 6.20. The second-order valence-electron chi connectivity index (χ2n) is 4.12. The average Bonchev–Trinajstić information content (AvgIpc) is 2.47. The molecule has 0 saturated carbocycles. The molecule has 0 atom stereocenters. The minimum atomic E-state index is -1.01. The van der Waals surface area contributed by atoms with Gasteiger partial charge in [0.1, 0.15) is 11.6 Å². The van der Waals surface area contributed by atoms with Crippen LogP contribution in [0.25, 0.3) is 0 Å². The maximum atomic E-state index is 12.5. The Balaban J connectivity index is 0.000000262. The predicted molar refractivity (Wildman–Crippen MR) is 74.0 cm³/mol. The third-order valence-electron chi connectivity index (χ3n) is 2.47. The van der Waals surface area contributed by atoms with Crippen LogP contribution in [0, 0.1) is 11.6 Å². The smallest absolute Gasteiger partial charge is 0.303 e. The molecule has 0 radical (unpaired) electrons. The SMILES string of the molecule is Fc1ccccc1.O=C(O)CCC(=O)c1ccc(F)cc1. The van der Waals surface area contributed by atoms with Crippen molar-refractivity contribution in [1.82, 2.24) is 0 Å². The van der Waals surface area contributed by atoms with E-state index in [-0.39, 0.29) is 24.4 Å². The number of Topliss-reactive ketones (excluding diaryl/α,β-unsaturated/α-hetero) is 1. The summed E-state index contributed by atoms with van der Waals surface area (Å²) < 4.78 is 24.4. The fourth-order valence-electron chi connectivity index (χ4n) is 1.42. The molecule has 0 aliphatic rings. The molecule has 2 rings (SSSR count). The first-order chi connectivity index (χ1) is 9.99. The number of carbonyl (C=O) groups is 2. The number of carboxylic acids is 1. The zero-order chi connectivity index (χ0) is 15.7. The fourth-order valence-corrected chi connectivity index (χ4v) is 1.42. The van der Waals surface area contributed by atoms with Gasteiger partial charge in [0.15, 0.2) is 5.78 Å². The van der Waals surface area contributed by atoms with Gasteiger partial charge in [0.25, 0.3) is 0 Å². The van der Waals surface area contributed by atoms with Crippen molar-refractivity contribution in [3.05, 3.63) is 71.8 Å². The Labute approximate surface area is 120 Å². The normalized spacial score (nSPS) is 9.43. The Morgan fingerprint density at radius 2 is 1.33 bits per heavy atom. The molecule has 5 heteroatoms. The van der Waals surface area contributed by atoms with Crippen molar-refractivity contribution in [3.8, 4) is 0 Å². The monoisotopic (exact) mass is 292 g/mol. The molecule has 0 aliphatic carbocycles. The molecule has 3 nitrogen and oxygen atoms in total. The van der Waals surface area contributed by atoms with Gasteiger partial charge < -0.3 is 5.11 Å².